The molecule has 0 radical (unpaired) electrons. The monoisotopic (exact) mass is 259 g/mol. The van der Waals surface area contributed by atoms with Crippen molar-refractivity contribution in [1.29, 1.82) is 0 Å². The number of fused-ring (bicyclic) bond motifs is 1. The average molecular weight is 259 g/mol. The van der Waals surface area contributed by atoms with Crippen molar-refractivity contribution in [3.8, 4) is 0 Å². The number of benzene rings is 1. The van der Waals surface area contributed by atoms with Crippen LogP contribution in [-0.2, 0) is 0 Å². The van der Waals surface area contributed by atoms with Crippen LogP contribution in [0.4, 0.5) is 0 Å². The minimum absolute atomic E-state index is 0.184. The highest BCUT2D eigenvalue weighted by atomic mass is 16.3. The number of likely N-dealkylation sites (N-methyl/N-ethyl adjacent to an activating group) is 1. The lowest BCUT2D eigenvalue weighted by atomic mass is 10.2. The van der Waals surface area contributed by atoms with Gasteiger partial charge in [-0.15, -0.1) is 0 Å². The predicted octanol–water partition coefficient (Wildman–Crippen LogP) is 2.28. The fraction of sp³-hybridized carbons (Fsp3) is 0.400. The van der Waals surface area contributed by atoms with Gasteiger partial charge in [-0.1, -0.05) is 18.2 Å². The van der Waals surface area contributed by atoms with Crippen molar-refractivity contribution in [3.63, 3.8) is 0 Å². The molecular weight excluding hydrogens is 242 g/mol. The predicted molar refractivity (Wildman–Crippen MR) is 71.9 cm³/mol. The van der Waals surface area contributed by atoms with E-state index in [1.807, 2.05) is 24.3 Å². The molecule has 100 valence electrons. The number of aliphatic hydroxyl groups is 1. The molecule has 1 aliphatic carbocycles. The van der Waals surface area contributed by atoms with Gasteiger partial charge in [0.05, 0.1) is 6.10 Å². The first kappa shape index (κ1) is 12.2. The standard InChI is InChI=1S/C15H17NO3/c1-16(9-12(17)10-6-7-10)15(18)14-8-11-4-2-3-5-13(11)19-14/h2-5,8,10,12,17H,6-7,9H2,1H3. The number of rotatable bonds is 4. The summed E-state index contributed by atoms with van der Waals surface area (Å²) >= 11 is 0. The molecule has 4 heteroatoms. The summed E-state index contributed by atoms with van der Waals surface area (Å²) < 4.78 is 5.54. The number of para-hydroxylation sites is 1. The summed E-state index contributed by atoms with van der Waals surface area (Å²) in [5.74, 6) is 0.508. The maximum Gasteiger partial charge on any atom is 0.289 e. The average Bonchev–Trinajstić information content (AvgIpc) is 3.16. The molecule has 1 aromatic carbocycles. The number of furan rings is 1. The Morgan fingerprint density at radius 2 is 2.21 bits per heavy atom. The van der Waals surface area contributed by atoms with E-state index in [0.29, 0.717) is 23.8 Å². The van der Waals surface area contributed by atoms with Crippen molar-refractivity contribution < 1.29 is 14.3 Å². The van der Waals surface area contributed by atoms with E-state index in [4.69, 9.17) is 4.42 Å². The Morgan fingerprint density at radius 3 is 2.89 bits per heavy atom. The first-order valence-corrected chi connectivity index (χ1v) is 6.57. The summed E-state index contributed by atoms with van der Waals surface area (Å²) in [6.07, 6.45) is 1.71. The van der Waals surface area contributed by atoms with Gasteiger partial charge in [0.1, 0.15) is 5.58 Å². The minimum Gasteiger partial charge on any atom is -0.451 e. The Morgan fingerprint density at radius 1 is 1.47 bits per heavy atom. The molecule has 1 fully saturated rings. The summed E-state index contributed by atoms with van der Waals surface area (Å²) in [4.78, 5) is 13.7. The molecule has 1 saturated carbocycles. The lowest BCUT2D eigenvalue weighted by Crippen LogP contribution is -2.35. The maximum atomic E-state index is 12.2. The van der Waals surface area contributed by atoms with Gasteiger partial charge in [0.15, 0.2) is 5.76 Å². The summed E-state index contributed by atoms with van der Waals surface area (Å²) in [7, 11) is 1.70. The minimum atomic E-state index is -0.418. The lowest BCUT2D eigenvalue weighted by molar-refractivity contribution is 0.0620. The largest absolute Gasteiger partial charge is 0.451 e. The Bertz CT molecular complexity index is 567. The molecule has 1 amide bonds. The van der Waals surface area contributed by atoms with Crippen molar-refractivity contribution in [1.82, 2.24) is 4.90 Å². The Kier molecular flexibility index (Phi) is 3.03. The maximum absolute atomic E-state index is 12.2. The number of amides is 1. The van der Waals surface area contributed by atoms with Crippen LogP contribution in [0, 0.1) is 5.92 Å². The highest BCUT2D eigenvalue weighted by Crippen LogP contribution is 2.32. The van der Waals surface area contributed by atoms with Gasteiger partial charge in [0.25, 0.3) is 5.91 Å². The van der Waals surface area contributed by atoms with Crippen LogP contribution in [-0.4, -0.2) is 35.6 Å². The third-order valence-corrected chi connectivity index (χ3v) is 3.61. The van der Waals surface area contributed by atoms with E-state index in [-0.39, 0.29) is 5.91 Å². The van der Waals surface area contributed by atoms with E-state index in [9.17, 15) is 9.90 Å². The third-order valence-electron chi connectivity index (χ3n) is 3.61. The summed E-state index contributed by atoms with van der Waals surface area (Å²) in [5, 5.41) is 10.8. The topological polar surface area (TPSA) is 53.7 Å². The third kappa shape index (κ3) is 2.49. The quantitative estimate of drug-likeness (QED) is 0.916. The van der Waals surface area contributed by atoms with E-state index >= 15 is 0 Å². The van der Waals surface area contributed by atoms with Crippen LogP contribution in [0.3, 0.4) is 0 Å². The molecule has 0 spiro atoms. The molecule has 1 unspecified atom stereocenters. The smallest absolute Gasteiger partial charge is 0.289 e. The molecule has 3 rings (SSSR count). The highest BCUT2D eigenvalue weighted by molar-refractivity contribution is 5.95. The molecule has 1 atom stereocenters. The molecule has 19 heavy (non-hydrogen) atoms. The van der Waals surface area contributed by atoms with Crippen molar-refractivity contribution in [2.45, 2.75) is 18.9 Å². The fourth-order valence-corrected chi connectivity index (χ4v) is 2.27. The zero-order valence-corrected chi connectivity index (χ0v) is 10.9. The van der Waals surface area contributed by atoms with Crippen LogP contribution in [0.5, 0.6) is 0 Å². The molecular formula is C15H17NO3. The van der Waals surface area contributed by atoms with Crippen LogP contribution < -0.4 is 0 Å². The zero-order chi connectivity index (χ0) is 13.4. The van der Waals surface area contributed by atoms with Crippen LogP contribution in [0.2, 0.25) is 0 Å². The zero-order valence-electron chi connectivity index (χ0n) is 10.9. The number of carbonyl (C=O) groups is 1. The van der Waals surface area contributed by atoms with Crippen molar-refractivity contribution >= 4 is 16.9 Å². The molecule has 1 heterocycles. The second-order valence-electron chi connectivity index (χ2n) is 5.24. The van der Waals surface area contributed by atoms with Crippen molar-refractivity contribution in [3.05, 3.63) is 36.1 Å². The van der Waals surface area contributed by atoms with Crippen LogP contribution >= 0.6 is 0 Å². The van der Waals surface area contributed by atoms with Gasteiger partial charge in [-0.2, -0.15) is 0 Å². The normalized spacial score (nSPS) is 16.5. The van der Waals surface area contributed by atoms with E-state index < -0.39 is 6.10 Å². The van der Waals surface area contributed by atoms with E-state index in [1.54, 1.807) is 13.1 Å². The Hall–Kier alpha value is -1.81. The summed E-state index contributed by atoms with van der Waals surface area (Å²) in [6.45, 7) is 0.362. The molecule has 1 aliphatic rings. The second-order valence-corrected chi connectivity index (χ2v) is 5.24. The lowest BCUT2D eigenvalue weighted by Gasteiger charge is -2.19. The molecule has 0 saturated heterocycles. The molecule has 1 aromatic heterocycles. The second kappa shape index (κ2) is 4.70. The van der Waals surface area contributed by atoms with Crippen molar-refractivity contribution in [2.24, 2.45) is 5.92 Å². The number of aliphatic hydroxyl groups excluding tert-OH is 1. The van der Waals surface area contributed by atoms with Crippen LogP contribution in [0.1, 0.15) is 23.4 Å². The van der Waals surface area contributed by atoms with E-state index in [2.05, 4.69) is 0 Å². The first-order chi connectivity index (χ1) is 9.15. The fourth-order valence-electron chi connectivity index (χ4n) is 2.27. The summed E-state index contributed by atoms with van der Waals surface area (Å²) in [6, 6.07) is 9.28. The molecule has 4 nitrogen and oxygen atoms in total. The van der Waals surface area contributed by atoms with E-state index in [0.717, 1.165) is 18.2 Å². The van der Waals surface area contributed by atoms with Crippen LogP contribution in [0.25, 0.3) is 11.0 Å². The van der Waals surface area contributed by atoms with Gasteiger partial charge in [-0.25, -0.2) is 0 Å². The molecule has 1 N–H and O–H groups in total. The number of hydrogen-bond donors (Lipinski definition) is 1. The first-order valence-electron chi connectivity index (χ1n) is 6.57. The number of hydrogen-bond acceptors (Lipinski definition) is 3. The van der Waals surface area contributed by atoms with Gasteiger partial charge in [-0.3, -0.25) is 4.79 Å². The van der Waals surface area contributed by atoms with Gasteiger partial charge in [-0.05, 0) is 30.9 Å². The van der Waals surface area contributed by atoms with Gasteiger partial charge < -0.3 is 14.4 Å². The molecule has 0 aliphatic heterocycles. The highest BCUT2D eigenvalue weighted by Gasteiger charge is 2.31. The van der Waals surface area contributed by atoms with Crippen molar-refractivity contribution in [2.75, 3.05) is 13.6 Å². The number of carbonyl (C=O) groups excluding carboxylic acids is 1. The van der Waals surface area contributed by atoms with E-state index in [1.165, 1.54) is 4.90 Å². The summed E-state index contributed by atoms with van der Waals surface area (Å²) in [5.41, 5.74) is 0.710. The Labute approximate surface area is 111 Å². The Balaban J connectivity index is 1.74. The molecule has 2 aromatic rings. The number of nitrogens with zero attached hydrogens (tertiary/aromatic N) is 1. The van der Waals surface area contributed by atoms with Crippen LogP contribution in [0.15, 0.2) is 34.7 Å². The van der Waals surface area contributed by atoms with Gasteiger partial charge >= 0.3 is 0 Å². The molecule has 0 bridgehead atoms. The SMILES string of the molecule is CN(CC(O)C1CC1)C(=O)c1cc2ccccc2o1. The van der Waals surface area contributed by atoms with Gasteiger partial charge in [0, 0.05) is 19.0 Å². The van der Waals surface area contributed by atoms with Gasteiger partial charge in [0.2, 0.25) is 0 Å².